The number of aromatic nitrogens is 2. The molecule has 2 heterocycles. The van der Waals surface area contributed by atoms with Crippen molar-refractivity contribution in [3.63, 3.8) is 0 Å². The van der Waals surface area contributed by atoms with E-state index in [1.807, 2.05) is 34.8 Å². The number of hydrogen-bond acceptors (Lipinski definition) is 3. The Bertz CT molecular complexity index is 1260. The minimum Gasteiger partial charge on any atom is -0.453 e. The number of nitrogens with zero attached hydrogens (tertiary/aromatic N) is 3. The van der Waals surface area contributed by atoms with Gasteiger partial charge in [-0.15, -0.1) is 0 Å². The number of piperidine rings is 1. The summed E-state index contributed by atoms with van der Waals surface area (Å²) in [5, 5.41) is 3.54. The van der Waals surface area contributed by atoms with Gasteiger partial charge in [-0.1, -0.05) is 54.9 Å². The first-order chi connectivity index (χ1) is 18.4. The molecule has 0 spiro atoms. The second-order valence-electron chi connectivity index (χ2n) is 10.0. The topological polar surface area (TPSA) is 67.5 Å². The molecule has 1 aliphatic rings. The SMILES string of the molecule is CCc1cccc(-c2c(Cl)cccc2C(CCCNC(=O)OC)C2CCCN(C(=O)n3cc[n+](C)c3)C2)c1. The third kappa shape index (κ3) is 6.57. The molecule has 1 N–H and O–H groups in total. The maximum Gasteiger partial charge on any atom is 0.415 e. The van der Waals surface area contributed by atoms with E-state index in [0.29, 0.717) is 13.1 Å². The standard InChI is InChI=1S/C30H37ClN4O3/c1-4-22-9-5-10-23(19-22)28-26(12-6-14-27(28)31)25(13-7-15-32-29(36)38-3)24-11-8-16-34(20-24)30(37)35-18-17-33(2)21-35/h5-6,9-10,12,14,17-19,21,24-25H,4,7-8,11,13,15-16,20H2,1-3H3/p+1. The summed E-state index contributed by atoms with van der Waals surface area (Å²) in [6, 6.07) is 14.8. The molecule has 4 rings (SSSR count). The van der Waals surface area contributed by atoms with Gasteiger partial charge in [0, 0.05) is 30.2 Å². The number of carbonyl (C=O) groups is 2. The summed E-state index contributed by atoms with van der Waals surface area (Å²) < 4.78 is 8.27. The Hall–Kier alpha value is -3.32. The fourth-order valence-electron chi connectivity index (χ4n) is 5.57. The number of alkyl carbamates (subject to hydrolysis) is 1. The maximum absolute atomic E-state index is 13.3. The number of hydrogen-bond donors (Lipinski definition) is 1. The average molecular weight is 538 g/mol. The number of aryl methyl sites for hydroxylation is 2. The van der Waals surface area contributed by atoms with E-state index in [1.54, 1.807) is 17.1 Å². The van der Waals surface area contributed by atoms with E-state index in [1.165, 1.54) is 18.2 Å². The molecular formula is C30H38ClN4O3+. The Morgan fingerprint density at radius 1 is 1.24 bits per heavy atom. The highest BCUT2D eigenvalue weighted by Crippen LogP contribution is 2.43. The first-order valence-corrected chi connectivity index (χ1v) is 13.8. The molecule has 3 aromatic rings. The lowest BCUT2D eigenvalue weighted by Gasteiger charge is -2.37. The van der Waals surface area contributed by atoms with Crippen molar-refractivity contribution >= 4 is 23.7 Å². The van der Waals surface area contributed by atoms with E-state index in [4.69, 9.17) is 16.3 Å². The third-order valence-electron chi connectivity index (χ3n) is 7.50. The largest absolute Gasteiger partial charge is 0.453 e. The molecule has 2 amide bonds. The quantitative estimate of drug-likeness (QED) is 0.292. The fourth-order valence-corrected chi connectivity index (χ4v) is 5.86. The summed E-state index contributed by atoms with van der Waals surface area (Å²) in [4.78, 5) is 26.9. The first kappa shape index (κ1) is 27.7. The number of imidazole rings is 1. The molecule has 202 valence electrons. The van der Waals surface area contributed by atoms with Gasteiger partial charge in [-0.25, -0.2) is 14.2 Å². The van der Waals surface area contributed by atoms with Gasteiger partial charge in [0.15, 0.2) is 0 Å². The number of benzene rings is 2. The van der Waals surface area contributed by atoms with E-state index >= 15 is 0 Å². The van der Waals surface area contributed by atoms with Gasteiger partial charge in [0.2, 0.25) is 0 Å². The predicted octanol–water partition coefficient (Wildman–Crippen LogP) is 5.80. The van der Waals surface area contributed by atoms with Gasteiger partial charge in [0.25, 0.3) is 6.33 Å². The lowest BCUT2D eigenvalue weighted by molar-refractivity contribution is -0.670. The second-order valence-corrected chi connectivity index (χ2v) is 10.4. The highest BCUT2D eigenvalue weighted by Gasteiger charge is 2.34. The number of likely N-dealkylation sites (tertiary alicyclic amines) is 1. The summed E-state index contributed by atoms with van der Waals surface area (Å²) in [5.41, 5.74) is 4.65. The zero-order valence-electron chi connectivity index (χ0n) is 22.5. The van der Waals surface area contributed by atoms with Crippen molar-refractivity contribution in [3.05, 3.63) is 77.3 Å². The van der Waals surface area contributed by atoms with E-state index in [2.05, 4.69) is 42.6 Å². The molecule has 0 bridgehead atoms. The van der Waals surface area contributed by atoms with Crippen molar-refractivity contribution < 1.29 is 18.9 Å². The molecule has 1 aliphatic heterocycles. The highest BCUT2D eigenvalue weighted by atomic mass is 35.5. The van der Waals surface area contributed by atoms with E-state index in [-0.39, 0.29) is 17.9 Å². The molecule has 1 saturated heterocycles. The van der Waals surface area contributed by atoms with Crippen molar-refractivity contribution in [1.82, 2.24) is 14.8 Å². The van der Waals surface area contributed by atoms with Crippen LogP contribution in [0.1, 0.15) is 49.7 Å². The van der Waals surface area contributed by atoms with Crippen LogP contribution < -0.4 is 9.88 Å². The fraction of sp³-hybridized carbons (Fsp3) is 0.433. The van der Waals surface area contributed by atoms with Crippen molar-refractivity contribution in [3.8, 4) is 11.1 Å². The first-order valence-electron chi connectivity index (χ1n) is 13.4. The highest BCUT2D eigenvalue weighted by molar-refractivity contribution is 6.33. The van der Waals surface area contributed by atoms with Crippen LogP contribution in [-0.4, -0.2) is 48.3 Å². The molecule has 1 aromatic heterocycles. The Morgan fingerprint density at radius 3 is 2.79 bits per heavy atom. The van der Waals surface area contributed by atoms with Gasteiger partial charge in [-0.05, 0) is 66.7 Å². The summed E-state index contributed by atoms with van der Waals surface area (Å²) >= 11 is 6.88. The van der Waals surface area contributed by atoms with Crippen LogP contribution in [0.25, 0.3) is 11.1 Å². The molecule has 0 saturated carbocycles. The number of carbonyl (C=O) groups excluding carboxylic acids is 2. The predicted molar refractivity (Wildman–Crippen MR) is 149 cm³/mol. The van der Waals surface area contributed by atoms with Crippen LogP contribution in [0.2, 0.25) is 5.02 Å². The van der Waals surface area contributed by atoms with Crippen LogP contribution in [0.5, 0.6) is 0 Å². The van der Waals surface area contributed by atoms with E-state index < -0.39 is 6.09 Å². The molecule has 0 aliphatic carbocycles. The summed E-state index contributed by atoms with van der Waals surface area (Å²) in [5.74, 6) is 0.437. The summed E-state index contributed by atoms with van der Waals surface area (Å²) in [7, 11) is 3.29. The Labute approximate surface area is 230 Å². The Balaban J connectivity index is 1.66. The van der Waals surface area contributed by atoms with Crippen molar-refractivity contribution in [1.29, 1.82) is 0 Å². The van der Waals surface area contributed by atoms with Gasteiger partial charge < -0.3 is 15.0 Å². The van der Waals surface area contributed by atoms with Crippen LogP contribution >= 0.6 is 11.6 Å². The van der Waals surface area contributed by atoms with Gasteiger partial charge in [0.1, 0.15) is 12.4 Å². The Kier molecular flexibility index (Phi) is 9.45. The minimum absolute atomic E-state index is 0.00312. The molecule has 2 unspecified atom stereocenters. The van der Waals surface area contributed by atoms with Crippen molar-refractivity contribution in [2.24, 2.45) is 13.0 Å². The van der Waals surface area contributed by atoms with Crippen LogP contribution in [0.15, 0.2) is 61.2 Å². The molecule has 1 fully saturated rings. The molecular weight excluding hydrogens is 500 g/mol. The van der Waals surface area contributed by atoms with Crippen LogP contribution in [0, 0.1) is 5.92 Å². The summed E-state index contributed by atoms with van der Waals surface area (Å²) in [6.07, 6.45) is 9.63. The number of methoxy groups -OCH3 is 1. The average Bonchev–Trinajstić information content (AvgIpc) is 3.38. The molecule has 2 aromatic carbocycles. The van der Waals surface area contributed by atoms with Crippen LogP contribution in [0.4, 0.5) is 9.59 Å². The third-order valence-corrected chi connectivity index (χ3v) is 7.82. The number of amides is 2. The normalized spacial score (nSPS) is 16.2. The molecule has 2 atom stereocenters. The smallest absolute Gasteiger partial charge is 0.415 e. The lowest BCUT2D eigenvalue weighted by Crippen LogP contribution is -2.43. The summed E-state index contributed by atoms with van der Waals surface area (Å²) in [6.45, 7) is 4.10. The lowest BCUT2D eigenvalue weighted by atomic mass is 9.76. The van der Waals surface area contributed by atoms with Gasteiger partial charge in [0.05, 0.1) is 14.2 Å². The Morgan fingerprint density at radius 2 is 2.05 bits per heavy atom. The zero-order chi connectivity index (χ0) is 27.1. The maximum atomic E-state index is 13.3. The van der Waals surface area contributed by atoms with Crippen molar-refractivity contribution in [2.45, 2.75) is 44.9 Å². The van der Waals surface area contributed by atoms with E-state index in [0.717, 1.165) is 54.8 Å². The van der Waals surface area contributed by atoms with Crippen LogP contribution in [0.3, 0.4) is 0 Å². The molecule has 7 nitrogen and oxygen atoms in total. The van der Waals surface area contributed by atoms with Crippen molar-refractivity contribution in [2.75, 3.05) is 26.7 Å². The number of ether oxygens (including phenoxy) is 1. The van der Waals surface area contributed by atoms with Gasteiger partial charge in [-0.2, -0.15) is 4.57 Å². The van der Waals surface area contributed by atoms with Gasteiger partial charge >= 0.3 is 12.1 Å². The molecule has 8 heteroatoms. The number of nitrogens with one attached hydrogen (secondary N) is 1. The number of halogens is 1. The number of rotatable bonds is 8. The molecule has 38 heavy (non-hydrogen) atoms. The monoisotopic (exact) mass is 537 g/mol. The second kappa shape index (κ2) is 13.0. The molecule has 0 radical (unpaired) electrons. The zero-order valence-corrected chi connectivity index (χ0v) is 23.3. The van der Waals surface area contributed by atoms with Crippen LogP contribution in [-0.2, 0) is 18.2 Å². The van der Waals surface area contributed by atoms with E-state index in [9.17, 15) is 9.59 Å². The minimum atomic E-state index is -0.421. The van der Waals surface area contributed by atoms with Gasteiger partial charge in [-0.3, -0.25) is 0 Å².